The number of halogens is 2. The lowest BCUT2D eigenvalue weighted by molar-refractivity contribution is 0.470. The molecule has 0 unspecified atom stereocenters. The van der Waals surface area contributed by atoms with Crippen LogP contribution in [0, 0.1) is 5.82 Å². The van der Waals surface area contributed by atoms with Gasteiger partial charge in [0.2, 0.25) is 0 Å². The number of hydrogen-bond donors (Lipinski definition) is 1. The van der Waals surface area contributed by atoms with Crippen LogP contribution in [0.25, 0.3) is 0 Å². The van der Waals surface area contributed by atoms with E-state index in [1.807, 2.05) is 13.8 Å². The Balaban J connectivity index is 3.33. The van der Waals surface area contributed by atoms with E-state index in [4.69, 9.17) is 11.6 Å². The minimum Gasteiger partial charge on any atom is -0.506 e. The van der Waals surface area contributed by atoms with E-state index in [1.165, 1.54) is 12.1 Å². The average molecular weight is 189 g/mol. The van der Waals surface area contributed by atoms with Gasteiger partial charge in [-0.25, -0.2) is 4.39 Å². The zero-order valence-electron chi connectivity index (χ0n) is 6.94. The Hall–Kier alpha value is -0.760. The van der Waals surface area contributed by atoms with Crippen molar-refractivity contribution in [1.29, 1.82) is 0 Å². The van der Waals surface area contributed by atoms with Crippen molar-refractivity contribution in [3.8, 4) is 5.75 Å². The topological polar surface area (TPSA) is 20.2 Å². The van der Waals surface area contributed by atoms with E-state index in [-0.39, 0.29) is 22.5 Å². The maximum atomic E-state index is 13.1. The molecule has 0 aromatic heterocycles. The van der Waals surface area contributed by atoms with Gasteiger partial charge < -0.3 is 5.11 Å². The Morgan fingerprint density at radius 3 is 2.42 bits per heavy atom. The molecule has 0 bridgehead atoms. The van der Waals surface area contributed by atoms with Crippen LogP contribution in [0.5, 0.6) is 5.75 Å². The summed E-state index contributed by atoms with van der Waals surface area (Å²) in [5.41, 5.74) is 0.372. The van der Waals surface area contributed by atoms with Crippen LogP contribution in [0.2, 0.25) is 5.02 Å². The van der Waals surface area contributed by atoms with E-state index >= 15 is 0 Å². The van der Waals surface area contributed by atoms with E-state index in [0.29, 0.717) is 5.56 Å². The Labute approximate surface area is 75.8 Å². The third-order valence-electron chi connectivity index (χ3n) is 1.68. The molecule has 1 aromatic carbocycles. The summed E-state index contributed by atoms with van der Waals surface area (Å²) in [5.74, 6) is -0.459. The minimum absolute atomic E-state index is 0.0235. The maximum Gasteiger partial charge on any atom is 0.134 e. The fourth-order valence-corrected chi connectivity index (χ4v) is 1.46. The normalized spacial score (nSPS) is 10.8. The van der Waals surface area contributed by atoms with Gasteiger partial charge in [0.15, 0.2) is 0 Å². The first-order valence-electron chi connectivity index (χ1n) is 3.71. The van der Waals surface area contributed by atoms with Gasteiger partial charge in [0.1, 0.15) is 11.6 Å². The first-order valence-corrected chi connectivity index (χ1v) is 4.08. The first kappa shape index (κ1) is 9.33. The Kier molecular flexibility index (Phi) is 2.58. The molecule has 0 spiro atoms. The standard InChI is InChI=1S/C9H10ClFO/c1-5(2)8-6(11)3-4-7(12)9(8)10/h3-5,12H,1-2H3. The molecule has 0 atom stereocenters. The number of phenols is 1. The van der Waals surface area contributed by atoms with Crippen molar-refractivity contribution in [2.75, 3.05) is 0 Å². The van der Waals surface area contributed by atoms with Gasteiger partial charge in [0, 0.05) is 5.56 Å². The molecule has 0 amide bonds. The molecule has 0 aliphatic heterocycles. The number of phenolic OH excluding ortho intramolecular Hbond substituents is 1. The van der Waals surface area contributed by atoms with Crippen molar-refractivity contribution in [2.45, 2.75) is 19.8 Å². The fraction of sp³-hybridized carbons (Fsp3) is 0.333. The van der Waals surface area contributed by atoms with E-state index in [0.717, 1.165) is 0 Å². The van der Waals surface area contributed by atoms with Gasteiger partial charge in [-0.2, -0.15) is 0 Å². The zero-order valence-corrected chi connectivity index (χ0v) is 7.69. The first-order chi connectivity index (χ1) is 5.54. The quantitative estimate of drug-likeness (QED) is 0.717. The molecule has 0 heterocycles. The van der Waals surface area contributed by atoms with Gasteiger partial charge in [0.25, 0.3) is 0 Å². The third-order valence-corrected chi connectivity index (χ3v) is 2.08. The van der Waals surface area contributed by atoms with E-state index < -0.39 is 0 Å². The van der Waals surface area contributed by atoms with Gasteiger partial charge in [-0.05, 0) is 18.1 Å². The van der Waals surface area contributed by atoms with Gasteiger partial charge in [-0.15, -0.1) is 0 Å². The summed E-state index contributed by atoms with van der Waals surface area (Å²) in [7, 11) is 0. The maximum absolute atomic E-state index is 13.1. The highest BCUT2D eigenvalue weighted by Crippen LogP contribution is 2.33. The largest absolute Gasteiger partial charge is 0.506 e. The molecule has 1 nitrogen and oxygen atoms in total. The van der Waals surface area contributed by atoms with Crippen LogP contribution in [-0.2, 0) is 0 Å². The van der Waals surface area contributed by atoms with Crippen LogP contribution >= 0.6 is 11.6 Å². The summed E-state index contributed by atoms with van der Waals surface area (Å²) < 4.78 is 13.1. The lowest BCUT2D eigenvalue weighted by Crippen LogP contribution is -1.94. The monoisotopic (exact) mass is 188 g/mol. The van der Waals surface area contributed by atoms with Crippen molar-refractivity contribution in [1.82, 2.24) is 0 Å². The van der Waals surface area contributed by atoms with Crippen LogP contribution in [-0.4, -0.2) is 5.11 Å². The summed E-state index contributed by atoms with van der Waals surface area (Å²) in [5, 5.41) is 9.29. The molecular weight excluding hydrogens is 179 g/mol. The van der Waals surface area contributed by atoms with Crippen molar-refractivity contribution in [2.24, 2.45) is 0 Å². The highest BCUT2D eigenvalue weighted by Gasteiger charge is 2.13. The summed E-state index contributed by atoms with van der Waals surface area (Å²) in [6, 6.07) is 2.47. The third kappa shape index (κ3) is 1.53. The van der Waals surface area contributed by atoms with Crippen LogP contribution in [0.15, 0.2) is 12.1 Å². The second-order valence-electron chi connectivity index (χ2n) is 2.95. The van der Waals surface area contributed by atoms with Crippen molar-refractivity contribution in [3.63, 3.8) is 0 Å². The van der Waals surface area contributed by atoms with Crippen LogP contribution < -0.4 is 0 Å². The predicted octanol–water partition coefficient (Wildman–Crippen LogP) is 3.31. The van der Waals surface area contributed by atoms with Gasteiger partial charge in [-0.1, -0.05) is 25.4 Å². The Bertz CT molecular complexity index is 297. The average Bonchev–Trinajstić information content (AvgIpc) is 1.97. The molecule has 12 heavy (non-hydrogen) atoms. The highest BCUT2D eigenvalue weighted by atomic mass is 35.5. The van der Waals surface area contributed by atoms with Crippen molar-refractivity contribution >= 4 is 11.6 Å². The molecule has 0 saturated carbocycles. The number of rotatable bonds is 1. The molecule has 1 N–H and O–H groups in total. The van der Waals surface area contributed by atoms with E-state index in [1.54, 1.807) is 0 Å². The molecule has 0 aliphatic carbocycles. The molecule has 0 radical (unpaired) electrons. The molecule has 0 aliphatic rings. The van der Waals surface area contributed by atoms with Crippen LogP contribution in [0.3, 0.4) is 0 Å². The van der Waals surface area contributed by atoms with Crippen molar-refractivity contribution in [3.05, 3.63) is 28.5 Å². The molecule has 3 heteroatoms. The van der Waals surface area contributed by atoms with Crippen LogP contribution in [0.4, 0.5) is 4.39 Å². The van der Waals surface area contributed by atoms with Crippen molar-refractivity contribution < 1.29 is 9.50 Å². The predicted molar refractivity (Wildman–Crippen MR) is 47.2 cm³/mol. The zero-order chi connectivity index (χ0) is 9.30. The van der Waals surface area contributed by atoms with E-state index in [9.17, 15) is 9.50 Å². The molecular formula is C9H10ClFO. The molecule has 1 aromatic rings. The summed E-state index contributed by atoms with van der Waals surface area (Å²) in [4.78, 5) is 0. The van der Waals surface area contributed by atoms with Gasteiger partial charge >= 0.3 is 0 Å². The van der Waals surface area contributed by atoms with E-state index in [2.05, 4.69) is 0 Å². The van der Waals surface area contributed by atoms with Gasteiger partial charge in [0.05, 0.1) is 5.02 Å². The molecule has 66 valence electrons. The second kappa shape index (κ2) is 3.31. The lowest BCUT2D eigenvalue weighted by atomic mass is 10.0. The smallest absolute Gasteiger partial charge is 0.134 e. The number of hydrogen-bond acceptors (Lipinski definition) is 1. The minimum atomic E-state index is -0.368. The molecule has 0 fully saturated rings. The summed E-state index contributed by atoms with van der Waals surface area (Å²) in [6.07, 6.45) is 0. The molecule has 0 saturated heterocycles. The number of aromatic hydroxyl groups is 1. The lowest BCUT2D eigenvalue weighted by Gasteiger charge is -2.09. The Morgan fingerprint density at radius 2 is 2.00 bits per heavy atom. The second-order valence-corrected chi connectivity index (χ2v) is 3.33. The summed E-state index contributed by atoms with van der Waals surface area (Å²) in [6.45, 7) is 3.65. The molecule has 1 rings (SSSR count). The summed E-state index contributed by atoms with van der Waals surface area (Å²) >= 11 is 5.70. The number of benzene rings is 1. The fourth-order valence-electron chi connectivity index (χ4n) is 1.09. The van der Waals surface area contributed by atoms with Gasteiger partial charge in [-0.3, -0.25) is 0 Å². The SMILES string of the molecule is CC(C)c1c(F)ccc(O)c1Cl. The highest BCUT2D eigenvalue weighted by molar-refractivity contribution is 6.32. The van der Waals surface area contributed by atoms with Crippen LogP contribution in [0.1, 0.15) is 25.3 Å². The Morgan fingerprint density at radius 1 is 1.42 bits per heavy atom.